The molecule has 0 amide bonds. The van der Waals surface area contributed by atoms with Crippen LogP contribution in [0.4, 0.5) is 0 Å². The average molecular weight is 542 g/mol. The van der Waals surface area contributed by atoms with Crippen LogP contribution >= 0.6 is 24.0 Å². The van der Waals surface area contributed by atoms with Gasteiger partial charge in [0.05, 0.1) is 0 Å². The lowest BCUT2D eigenvalue weighted by atomic mass is 10.1. The molecule has 1 aromatic carbocycles. The lowest BCUT2D eigenvalue weighted by Gasteiger charge is -2.36. The van der Waals surface area contributed by atoms with Gasteiger partial charge in [-0.2, -0.15) is 4.98 Å². The summed E-state index contributed by atoms with van der Waals surface area (Å²) < 4.78 is 16.2. The Morgan fingerprint density at radius 1 is 1.16 bits per heavy atom. The lowest BCUT2D eigenvalue weighted by molar-refractivity contribution is 0.171. The molecule has 0 unspecified atom stereocenters. The molecule has 31 heavy (non-hydrogen) atoms. The zero-order valence-electron chi connectivity index (χ0n) is 18.3. The summed E-state index contributed by atoms with van der Waals surface area (Å²) in [6.07, 6.45) is 0.683. The molecule has 0 spiro atoms. The van der Waals surface area contributed by atoms with Gasteiger partial charge in [0.15, 0.2) is 23.3 Å². The largest absolute Gasteiger partial charge is 0.454 e. The van der Waals surface area contributed by atoms with Gasteiger partial charge < -0.3 is 24.2 Å². The molecule has 0 radical (unpaired) electrons. The van der Waals surface area contributed by atoms with Crippen LogP contribution in [0.5, 0.6) is 11.5 Å². The van der Waals surface area contributed by atoms with Crippen LogP contribution in [-0.2, 0) is 13.0 Å². The molecule has 0 saturated carbocycles. The summed E-state index contributed by atoms with van der Waals surface area (Å²) >= 11 is 0. The standard InChI is InChI=1S/C21H30N6O3.HI/c1-15(2)20-24-19(30-25-20)6-7-23-21(22-3)27-10-8-26(9-11-27)13-16-4-5-17-18(12-16)29-14-28-17;/h4-5,12,15H,6-11,13-14H2,1-3H3,(H,22,23);1H. The summed E-state index contributed by atoms with van der Waals surface area (Å²) in [5.74, 6) is 4.29. The molecule has 2 aliphatic rings. The van der Waals surface area contributed by atoms with Crippen LogP contribution in [0.3, 0.4) is 0 Å². The maximum atomic E-state index is 5.49. The second-order valence-electron chi connectivity index (χ2n) is 7.88. The SMILES string of the molecule is CN=C(NCCc1nc(C(C)C)no1)N1CCN(Cc2ccc3c(c2)OCO3)CC1.I. The number of nitrogens with one attached hydrogen (secondary N) is 1. The molecular weight excluding hydrogens is 511 g/mol. The number of hydrogen-bond donors (Lipinski definition) is 1. The Kier molecular flexibility index (Phi) is 8.35. The third-order valence-corrected chi connectivity index (χ3v) is 5.35. The fraction of sp³-hybridized carbons (Fsp3) is 0.571. The Labute approximate surface area is 200 Å². The van der Waals surface area contributed by atoms with Crippen molar-refractivity contribution in [2.45, 2.75) is 32.7 Å². The molecular formula is C21H31IN6O3. The highest BCUT2D eigenvalue weighted by Crippen LogP contribution is 2.32. The third-order valence-electron chi connectivity index (χ3n) is 5.35. The quantitative estimate of drug-likeness (QED) is 0.339. The van der Waals surface area contributed by atoms with Crippen molar-refractivity contribution in [3.05, 3.63) is 35.5 Å². The van der Waals surface area contributed by atoms with Gasteiger partial charge in [0, 0.05) is 58.7 Å². The predicted octanol–water partition coefficient (Wildman–Crippen LogP) is 2.48. The predicted molar refractivity (Wildman–Crippen MR) is 128 cm³/mol. The van der Waals surface area contributed by atoms with Crippen LogP contribution < -0.4 is 14.8 Å². The van der Waals surface area contributed by atoms with Gasteiger partial charge >= 0.3 is 0 Å². The highest BCUT2D eigenvalue weighted by molar-refractivity contribution is 14.0. The number of halogens is 1. The molecule has 2 aromatic rings. The van der Waals surface area contributed by atoms with E-state index < -0.39 is 0 Å². The highest BCUT2D eigenvalue weighted by Gasteiger charge is 2.21. The first-order chi connectivity index (χ1) is 14.6. The number of aliphatic imine (C=N–C) groups is 1. The van der Waals surface area contributed by atoms with Gasteiger partial charge in [0.1, 0.15) is 0 Å². The van der Waals surface area contributed by atoms with Gasteiger partial charge in [-0.1, -0.05) is 25.1 Å². The monoisotopic (exact) mass is 542 g/mol. The van der Waals surface area contributed by atoms with Crippen molar-refractivity contribution < 1.29 is 14.0 Å². The Hall–Kier alpha value is -2.08. The summed E-state index contributed by atoms with van der Waals surface area (Å²) in [5, 5.41) is 7.43. The number of aromatic nitrogens is 2. The third kappa shape index (κ3) is 6.00. The molecule has 2 aliphatic heterocycles. The average Bonchev–Trinajstić information content (AvgIpc) is 3.41. The molecule has 1 aromatic heterocycles. The summed E-state index contributed by atoms with van der Waals surface area (Å²) in [4.78, 5) is 13.6. The molecule has 0 bridgehead atoms. The maximum Gasteiger partial charge on any atom is 0.231 e. The molecule has 10 heteroatoms. The van der Waals surface area contributed by atoms with Crippen molar-refractivity contribution in [2.75, 3.05) is 46.6 Å². The van der Waals surface area contributed by atoms with E-state index in [-0.39, 0.29) is 29.9 Å². The number of nitrogens with zero attached hydrogens (tertiary/aromatic N) is 5. The normalized spacial score (nSPS) is 16.5. The summed E-state index contributed by atoms with van der Waals surface area (Å²) in [7, 11) is 1.82. The Bertz CT molecular complexity index is 880. The van der Waals surface area contributed by atoms with Crippen molar-refractivity contribution in [1.29, 1.82) is 0 Å². The van der Waals surface area contributed by atoms with Crippen molar-refractivity contribution in [3.63, 3.8) is 0 Å². The van der Waals surface area contributed by atoms with Crippen molar-refractivity contribution >= 4 is 29.9 Å². The lowest BCUT2D eigenvalue weighted by Crippen LogP contribution is -2.52. The van der Waals surface area contributed by atoms with Gasteiger partial charge in [-0.05, 0) is 17.7 Å². The molecule has 1 saturated heterocycles. The van der Waals surface area contributed by atoms with E-state index >= 15 is 0 Å². The molecule has 3 heterocycles. The van der Waals surface area contributed by atoms with Crippen molar-refractivity contribution in [2.24, 2.45) is 4.99 Å². The van der Waals surface area contributed by atoms with Crippen LogP contribution in [-0.4, -0.2) is 72.5 Å². The number of rotatable bonds is 6. The van der Waals surface area contributed by atoms with Crippen LogP contribution in [0.25, 0.3) is 0 Å². The second kappa shape index (κ2) is 11.0. The van der Waals surface area contributed by atoms with Crippen molar-refractivity contribution in [3.8, 4) is 11.5 Å². The van der Waals surface area contributed by atoms with E-state index in [2.05, 4.69) is 56.2 Å². The Morgan fingerprint density at radius 2 is 1.94 bits per heavy atom. The van der Waals surface area contributed by atoms with E-state index in [9.17, 15) is 0 Å². The van der Waals surface area contributed by atoms with Gasteiger partial charge in [0.2, 0.25) is 12.7 Å². The smallest absolute Gasteiger partial charge is 0.231 e. The minimum Gasteiger partial charge on any atom is -0.454 e. The molecule has 1 N–H and O–H groups in total. The molecule has 0 atom stereocenters. The number of fused-ring (bicyclic) bond motifs is 1. The van der Waals surface area contributed by atoms with Gasteiger partial charge in [-0.25, -0.2) is 0 Å². The number of hydrogen-bond acceptors (Lipinski definition) is 7. The van der Waals surface area contributed by atoms with Crippen LogP contribution in [0.15, 0.2) is 27.7 Å². The molecule has 9 nitrogen and oxygen atoms in total. The zero-order chi connectivity index (χ0) is 20.9. The summed E-state index contributed by atoms with van der Waals surface area (Å²) in [5.41, 5.74) is 1.25. The highest BCUT2D eigenvalue weighted by atomic mass is 127. The minimum atomic E-state index is 0. The van der Waals surface area contributed by atoms with E-state index in [0.29, 0.717) is 25.6 Å². The number of piperazine rings is 1. The van der Waals surface area contributed by atoms with Crippen LogP contribution in [0, 0.1) is 0 Å². The van der Waals surface area contributed by atoms with Crippen molar-refractivity contribution in [1.82, 2.24) is 25.3 Å². The number of benzene rings is 1. The molecule has 0 aliphatic carbocycles. The fourth-order valence-electron chi connectivity index (χ4n) is 3.63. The zero-order valence-corrected chi connectivity index (χ0v) is 20.7. The first kappa shape index (κ1) is 23.6. The van der Waals surface area contributed by atoms with E-state index in [4.69, 9.17) is 14.0 Å². The van der Waals surface area contributed by atoms with E-state index in [1.165, 1.54) is 5.56 Å². The van der Waals surface area contributed by atoms with E-state index in [0.717, 1.165) is 56.0 Å². The second-order valence-corrected chi connectivity index (χ2v) is 7.88. The van der Waals surface area contributed by atoms with Crippen LogP contribution in [0.1, 0.15) is 37.0 Å². The van der Waals surface area contributed by atoms with Crippen LogP contribution in [0.2, 0.25) is 0 Å². The van der Waals surface area contributed by atoms with E-state index in [1.807, 2.05) is 13.1 Å². The molecule has 4 rings (SSSR count). The number of ether oxygens (including phenoxy) is 2. The Morgan fingerprint density at radius 3 is 2.65 bits per heavy atom. The molecule has 170 valence electrons. The first-order valence-corrected chi connectivity index (χ1v) is 10.5. The number of guanidine groups is 1. The van der Waals surface area contributed by atoms with Gasteiger partial charge in [0.25, 0.3) is 0 Å². The maximum absolute atomic E-state index is 5.49. The van der Waals surface area contributed by atoms with Gasteiger partial charge in [-0.3, -0.25) is 9.89 Å². The molecule has 1 fully saturated rings. The van der Waals surface area contributed by atoms with Gasteiger partial charge in [-0.15, -0.1) is 24.0 Å². The topological polar surface area (TPSA) is 88.2 Å². The van der Waals surface area contributed by atoms with E-state index in [1.54, 1.807) is 0 Å². The Balaban J connectivity index is 0.00000272. The minimum absolute atomic E-state index is 0. The summed E-state index contributed by atoms with van der Waals surface area (Å²) in [6, 6.07) is 6.19. The summed E-state index contributed by atoms with van der Waals surface area (Å²) in [6.45, 7) is 9.88. The first-order valence-electron chi connectivity index (χ1n) is 10.5. The fourth-order valence-corrected chi connectivity index (χ4v) is 3.63.